The van der Waals surface area contributed by atoms with E-state index in [4.69, 9.17) is 4.74 Å². The zero-order valence-electron chi connectivity index (χ0n) is 15.2. The number of hydrazone groups is 1. The van der Waals surface area contributed by atoms with Crippen LogP contribution < -0.4 is 0 Å². The third kappa shape index (κ3) is 3.65. The summed E-state index contributed by atoms with van der Waals surface area (Å²) in [6.07, 6.45) is 0. The van der Waals surface area contributed by atoms with Crippen LogP contribution in [0.2, 0.25) is 0 Å². The van der Waals surface area contributed by atoms with Crippen LogP contribution in [0, 0.1) is 0 Å². The molecule has 6 nitrogen and oxygen atoms in total. The Bertz CT molecular complexity index is 878. The van der Waals surface area contributed by atoms with Crippen molar-refractivity contribution in [2.24, 2.45) is 5.10 Å². The second-order valence-corrected chi connectivity index (χ2v) is 6.13. The van der Waals surface area contributed by atoms with Gasteiger partial charge in [-0.2, -0.15) is 5.10 Å². The maximum Gasteiger partial charge on any atom is 0.355 e. The molecule has 3 rings (SSSR count). The fraction of sp³-hybridized carbons (Fsp3) is 0.238. The standard InChI is InChI=1S/C21H20N2O4/c1-3-27-21(26)18-17(15-10-6-4-7-11-15)19(23(22-18)14(2)24)20(25)16-12-8-5-9-13-16/h4-13,17,19H,3H2,1-2H3/t17-,19-/m1/s1. The molecule has 0 spiro atoms. The smallest absolute Gasteiger partial charge is 0.355 e. The van der Waals surface area contributed by atoms with Crippen molar-refractivity contribution in [3.05, 3.63) is 71.8 Å². The zero-order chi connectivity index (χ0) is 19.4. The van der Waals surface area contributed by atoms with Crippen molar-refractivity contribution in [2.45, 2.75) is 25.8 Å². The molecule has 0 fully saturated rings. The van der Waals surface area contributed by atoms with Gasteiger partial charge in [0.25, 0.3) is 0 Å². The highest BCUT2D eigenvalue weighted by Gasteiger charge is 2.47. The summed E-state index contributed by atoms with van der Waals surface area (Å²) in [6.45, 7) is 3.20. The molecule has 0 aromatic heterocycles. The number of esters is 1. The molecule has 2 aromatic rings. The lowest BCUT2D eigenvalue weighted by Gasteiger charge is -2.25. The van der Waals surface area contributed by atoms with E-state index >= 15 is 0 Å². The van der Waals surface area contributed by atoms with Crippen molar-refractivity contribution in [1.29, 1.82) is 0 Å². The van der Waals surface area contributed by atoms with Crippen LogP contribution in [0.1, 0.15) is 35.7 Å². The Labute approximate surface area is 157 Å². The van der Waals surface area contributed by atoms with Gasteiger partial charge in [-0.15, -0.1) is 0 Å². The van der Waals surface area contributed by atoms with Gasteiger partial charge in [0.1, 0.15) is 6.04 Å². The molecule has 0 unspecified atom stereocenters. The van der Waals surface area contributed by atoms with Gasteiger partial charge in [-0.05, 0) is 12.5 Å². The predicted molar refractivity (Wildman–Crippen MR) is 100 cm³/mol. The maximum atomic E-state index is 13.3. The molecular formula is C21H20N2O4. The van der Waals surface area contributed by atoms with E-state index in [1.54, 1.807) is 31.2 Å². The van der Waals surface area contributed by atoms with E-state index in [1.165, 1.54) is 6.92 Å². The van der Waals surface area contributed by atoms with Crippen molar-refractivity contribution in [3.63, 3.8) is 0 Å². The van der Waals surface area contributed by atoms with E-state index < -0.39 is 23.8 Å². The number of Topliss-reactive ketones (excluding diaryl/α,β-unsaturated/α-hetero) is 1. The summed E-state index contributed by atoms with van der Waals surface area (Å²) in [5.41, 5.74) is 1.24. The van der Waals surface area contributed by atoms with Gasteiger partial charge in [0.15, 0.2) is 11.5 Å². The third-order valence-electron chi connectivity index (χ3n) is 4.38. The monoisotopic (exact) mass is 364 g/mol. The molecule has 27 heavy (non-hydrogen) atoms. The number of hydrogen-bond acceptors (Lipinski definition) is 5. The van der Waals surface area contributed by atoms with E-state index in [1.807, 2.05) is 36.4 Å². The average molecular weight is 364 g/mol. The van der Waals surface area contributed by atoms with Gasteiger partial charge in [-0.1, -0.05) is 60.7 Å². The number of ketones is 1. The van der Waals surface area contributed by atoms with Gasteiger partial charge in [-0.3, -0.25) is 9.59 Å². The quantitative estimate of drug-likeness (QED) is 0.604. The van der Waals surface area contributed by atoms with Crippen LogP contribution in [0.15, 0.2) is 65.8 Å². The fourth-order valence-corrected chi connectivity index (χ4v) is 3.21. The molecule has 0 saturated carbocycles. The molecule has 2 aromatic carbocycles. The maximum absolute atomic E-state index is 13.3. The molecule has 0 aliphatic carbocycles. The van der Waals surface area contributed by atoms with Gasteiger partial charge in [0.2, 0.25) is 5.91 Å². The average Bonchev–Trinajstić information content (AvgIpc) is 3.10. The molecule has 0 bridgehead atoms. The fourth-order valence-electron chi connectivity index (χ4n) is 3.21. The first-order valence-electron chi connectivity index (χ1n) is 8.74. The summed E-state index contributed by atoms with van der Waals surface area (Å²) in [6, 6.07) is 16.9. The molecule has 2 atom stereocenters. The first-order chi connectivity index (χ1) is 13.0. The highest BCUT2D eigenvalue weighted by molar-refractivity contribution is 6.40. The normalized spacial score (nSPS) is 18.7. The SMILES string of the molecule is CCOC(=O)C1=NN(C(C)=O)[C@@H](C(=O)c2ccccc2)[C@@H]1c1ccccc1. The Morgan fingerprint density at radius 2 is 1.59 bits per heavy atom. The van der Waals surface area contributed by atoms with Crippen LogP contribution in [-0.2, 0) is 14.3 Å². The molecule has 0 N–H and O–H groups in total. The molecule has 0 saturated heterocycles. The highest BCUT2D eigenvalue weighted by atomic mass is 16.5. The van der Waals surface area contributed by atoms with Gasteiger partial charge >= 0.3 is 5.97 Å². The Kier molecular flexibility index (Phi) is 5.45. The van der Waals surface area contributed by atoms with Crippen molar-refractivity contribution >= 4 is 23.4 Å². The lowest BCUT2D eigenvalue weighted by Crippen LogP contribution is -2.42. The summed E-state index contributed by atoms with van der Waals surface area (Å²) in [5, 5.41) is 5.29. The second-order valence-electron chi connectivity index (χ2n) is 6.13. The molecule has 138 valence electrons. The minimum atomic E-state index is -0.938. The third-order valence-corrected chi connectivity index (χ3v) is 4.38. The molecule has 1 aliphatic heterocycles. The van der Waals surface area contributed by atoms with Crippen molar-refractivity contribution in [1.82, 2.24) is 5.01 Å². The number of ether oxygens (including phenoxy) is 1. The van der Waals surface area contributed by atoms with E-state index in [0.717, 1.165) is 10.6 Å². The molecule has 1 heterocycles. The van der Waals surface area contributed by atoms with E-state index in [9.17, 15) is 14.4 Å². The second kappa shape index (κ2) is 7.95. The van der Waals surface area contributed by atoms with Crippen molar-refractivity contribution in [2.75, 3.05) is 6.61 Å². The zero-order valence-corrected chi connectivity index (χ0v) is 15.2. The number of carbonyl (C=O) groups excluding carboxylic acids is 3. The number of benzene rings is 2. The van der Waals surface area contributed by atoms with Crippen LogP contribution >= 0.6 is 0 Å². The molecule has 1 aliphatic rings. The van der Waals surface area contributed by atoms with Crippen LogP contribution in [0.3, 0.4) is 0 Å². The summed E-state index contributed by atoms with van der Waals surface area (Å²) < 4.78 is 5.12. The first kappa shape index (κ1) is 18.5. The van der Waals surface area contributed by atoms with Crippen LogP contribution in [0.5, 0.6) is 0 Å². The Hall–Kier alpha value is -3.28. The minimum absolute atomic E-state index is 0.0625. The molecule has 1 amide bonds. The minimum Gasteiger partial charge on any atom is -0.461 e. The predicted octanol–water partition coefficient (Wildman–Crippen LogP) is 2.80. The molecule has 6 heteroatoms. The number of rotatable bonds is 5. The topological polar surface area (TPSA) is 76.0 Å². The summed E-state index contributed by atoms with van der Waals surface area (Å²) in [7, 11) is 0. The Balaban J connectivity index is 2.11. The van der Waals surface area contributed by atoms with Crippen LogP contribution in [-0.4, -0.2) is 41.0 Å². The van der Waals surface area contributed by atoms with Crippen LogP contribution in [0.4, 0.5) is 0 Å². The number of carbonyl (C=O) groups is 3. The van der Waals surface area contributed by atoms with Crippen LogP contribution in [0.25, 0.3) is 0 Å². The lowest BCUT2D eigenvalue weighted by atomic mass is 9.84. The summed E-state index contributed by atoms with van der Waals surface area (Å²) >= 11 is 0. The highest BCUT2D eigenvalue weighted by Crippen LogP contribution is 2.34. The number of nitrogens with zero attached hydrogens (tertiary/aromatic N) is 2. The number of hydrogen-bond donors (Lipinski definition) is 0. The van der Waals surface area contributed by atoms with Gasteiger partial charge in [-0.25, -0.2) is 9.80 Å². The number of amides is 1. The van der Waals surface area contributed by atoms with Gasteiger partial charge in [0.05, 0.1) is 12.5 Å². The Morgan fingerprint density at radius 1 is 1.00 bits per heavy atom. The van der Waals surface area contributed by atoms with E-state index in [2.05, 4.69) is 5.10 Å². The summed E-state index contributed by atoms with van der Waals surface area (Å²) in [4.78, 5) is 38.0. The van der Waals surface area contributed by atoms with Crippen molar-refractivity contribution < 1.29 is 19.1 Å². The molecule has 0 radical (unpaired) electrons. The first-order valence-corrected chi connectivity index (χ1v) is 8.74. The van der Waals surface area contributed by atoms with Gasteiger partial charge in [0, 0.05) is 12.5 Å². The Morgan fingerprint density at radius 3 is 2.15 bits per heavy atom. The molecular weight excluding hydrogens is 344 g/mol. The van der Waals surface area contributed by atoms with Crippen molar-refractivity contribution in [3.8, 4) is 0 Å². The largest absolute Gasteiger partial charge is 0.461 e. The summed E-state index contributed by atoms with van der Waals surface area (Å²) in [5.74, 6) is -2.00. The van der Waals surface area contributed by atoms with E-state index in [0.29, 0.717) is 5.56 Å². The lowest BCUT2D eigenvalue weighted by molar-refractivity contribution is -0.135. The van der Waals surface area contributed by atoms with Gasteiger partial charge < -0.3 is 4.74 Å². The van der Waals surface area contributed by atoms with E-state index in [-0.39, 0.29) is 18.1 Å².